The summed E-state index contributed by atoms with van der Waals surface area (Å²) in [7, 11) is 4.29. The summed E-state index contributed by atoms with van der Waals surface area (Å²) in [5.41, 5.74) is 0.352. The number of alkyl halides is 2. The lowest BCUT2D eigenvalue weighted by Crippen LogP contribution is -2.56. The zero-order chi connectivity index (χ0) is 34.1. The molecule has 1 aliphatic carbocycles. The molecule has 0 radical (unpaired) electrons. The quantitative estimate of drug-likeness (QED) is 0.442. The van der Waals surface area contributed by atoms with Crippen LogP contribution in [0.1, 0.15) is 63.2 Å². The van der Waals surface area contributed by atoms with Gasteiger partial charge in [0.25, 0.3) is 11.8 Å². The van der Waals surface area contributed by atoms with Crippen molar-refractivity contribution in [3.63, 3.8) is 0 Å². The van der Waals surface area contributed by atoms with Crippen molar-refractivity contribution in [2.75, 3.05) is 56.0 Å². The van der Waals surface area contributed by atoms with Gasteiger partial charge in [0.05, 0.1) is 44.2 Å². The Kier molecular flexibility index (Phi) is 9.75. The average Bonchev–Trinajstić information content (AvgIpc) is 3.55. The molecule has 2 N–H and O–H groups in total. The van der Waals surface area contributed by atoms with Crippen molar-refractivity contribution in [1.29, 1.82) is 0 Å². The highest BCUT2D eigenvalue weighted by Crippen LogP contribution is 2.40. The van der Waals surface area contributed by atoms with Crippen LogP contribution in [0.5, 0.6) is 5.75 Å². The van der Waals surface area contributed by atoms with Crippen molar-refractivity contribution in [2.24, 2.45) is 0 Å². The smallest absolute Gasteiger partial charge is 0.410 e. The van der Waals surface area contributed by atoms with Crippen molar-refractivity contribution in [3.05, 3.63) is 30.0 Å². The van der Waals surface area contributed by atoms with Gasteiger partial charge in [0.1, 0.15) is 17.0 Å². The number of carbonyl (C=O) groups excluding carboxylic acids is 3. The molecule has 2 aromatic rings. The fourth-order valence-electron chi connectivity index (χ4n) is 6.22. The van der Waals surface area contributed by atoms with Crippen molar-refractivity contribution < 1.29 is 37.4 Å². The molecule has 1 aromatic carbocycles. The number of carbonyl (C=O) groups is 3. The number of nitrogens with zero attached hydrogens (tertiary/aromatic N) is 5. The number of ether oxygens (including phenoxy) is 3. The average molecular weight is 660 g/mol. The lowest BCUT2D eigenvalue weighted by Gasteiger charge is -2.38. The Hall–Kier alpha value is -4.27. The number of methoxy groups -OCH3 is 2. The number of halogens is 2. The summed E-state index contributed by atoms with van der Waals surface area (Å²) in [4.78, 5) is 51.4. The van der Waals surface area contributed by atoms with Crippen molar-refractivity contribution >= 4 is 41.0 Å². The Morgan fingerprint density at radius 3 is 2.49 bits per heavy atom. The van der Waals surface area contributed by atoms with Gasteiger partial charge < -0.3 is 39.5 Å². The predicted molar refractivity (Wildman–Crippen MR) is 171 cm³/mol. The van der Waals surface area contributed by atoms with Gasteiger partial charge in [0.15, 0.2) is 5.82 Å². The summed E-state index contributed by atoms with van der Waals surface area (Å²) in [5.74, 6) is -4.54. The van der Waals surface area contributed by atoms with E-state index in [1.165, 1.54) is 32.4 Å². The number of piperidine rings is 1. The lowest BCUT2D eigenvalue weighted by molar-refractivity contribution is -0.140. The number of hydrogen-bond acceptors (Lipinski definition) is 10. The largest absolute Gasteiger partial charge is 0.495 e. The first-order valence-electron chi connectivity index (χ1n) is 15.8. The maximum absolute atomic E-state index is 14.9. The number of fused-ring (bicyclic) bond motifs is 1. The first kappa shape index (κ1) is 34.1. The number of aromatic nitrogens is 2. The molecule has 1 saturated carbocycles. The van der Waals surface area contributed by atoms with E-state index in [2.05, 4.69) is 20.6 Å². The van der Waals surface area contributed by atoms with Crippen LogP contribution in [0.2, 0.25) is 0 Å². The number of anilines is 4. The SMILES string of the molecule is COc1cc(C(=O)NC2CCN(C(=O)OC(C)(C)C)CC2OC)ccc1Nc1ncc2c(n1)N(C1CCCC1)CC(F)(F)C(=O)N2C. The molecule has 3 heterocycles. The molecule has 5 rings (SSSR count). The summed E-state index contributed by atoms with van der Waals surface area (Å²) < 4.78 is 46.6. The van der Waals surface area contributed by atoms with Crippen LogP contribution in [0.3, 0.4) is 0 Å². The first-order chi connectivity index (χ1) is 22.2. The van der Waals surface area contributed by atoms with Gasteiger partial charge >= 0.3 is 12.0 Å². The number of hydrogen-bond donors (Lipinski definition) is 2. The minimum atomic E-state index is -3.58. The molecule has 15 heteroatoms. The van der Waals surface area contributed by atoms with Gasteiger partial charge in [0.2, 0.25) is 5.95 Å². The van der Waals surface area contributed by atoms with Crippen molar-refractivity contribution in [1.82, 2.24) is 20.2 Å². The Balaban J connectivity index is 1.31. The minimum Gasteiger partial charge on any atom is -0.495 e. The van der Waals surface area contributed by atoms with Crippen molar-refractivity contribution in [3.8, 4) is 5.75 Å². The zero-order valence-corrected chi connectivity index (χ0v) is 27.6. The summed E-state index contributed by atoms with van der Waals surface area (Å²) in [6.07, 6.45) is 4.25. The highest BCUT2D eigenvalue weighted by molar-refractivity contribution is 6.02. The van der Waals surface area contributed by atoms with Crippen LogP contribution in [-0.4, -0.2) is 103 Å². The van der Waals surface area contributed by atoms with Crippen LogP contribution in [0.4, 0.5) is 36.7 Å². The molecule has 2 atom stereocenters. The summed E-state index contributed by atoms with van der Waals surface area (Å²) in [5, 5.41) is 6.09. The van der Waals surface area contributed by atoms with E-state index in [1.807, 2.05) is 0 Å². The molecule has 2 unspecified atom stereocenters. The molecule has 2 aliphatic heterocycles. The second kappa shape index (κ2) is 13.5. The van der Waals surface area contributed by atoms with Crippen LogP contribution < -0.4 is 25.2 Å². The number of nitrogens with one attached hydrogen (secondary N) is 2. The van der Waals surface area contributed by atoms with E-state index in [0.717, 1.165) is 30.6 Å². The second-order valence-corrected chi connectivity index (χ2v) is 13.1. The summed E-state index contributed by atoms with van der Waals surface area (Å²) >= 11 is 0. The van der Waals surface area contributed by atoms with Crippen LogP contribution in [-0.2, 0) is 14.3 Å². The molecule has 1 aromatic heterocycles. The van der Waals surface area contributed by atoms with E-state index in [0.29, 0.717) is 30.0 Å². The van der Waals surface area contributed by atoms with E-state index in [-0.39, 0.29) is 42.0 Å². The predicted octanol–water partition coefficient (Wildman–Crippen LogP) is 4.34. The molecule has 0 bridgehead atoms. The number of benzene rings is 1. The van der Waals surface area contributed by atoms with Crippen molar-refractivity contribution in [2.45, 2.75) is 82.6 Å². The van der Waals surface area contributed by atoms with Gasteiger partial charge in [-0.2, -0.15) is 13.8 Å². The summed E-state index contributed by atoms with van der Waals surface area (Å²) in [6.45, 7) is 5.31. The Labute approximate surface area is 272 Å². The van der Waals surface area contributed by atoms with Gasteiger partial charge in [-0.05, 0) is 58.2 Å². The topological polar surface area (TPSA) is 138 Å². The van der Waals surface area contributed by atoms with E-state index in [4.69, 9.17) is 14.2 Å². The van der Waals surface area contributed by atoms with E-state index < -0.39 is 36.2 Å². The van der Waals surface area contributed by atoms with Crippen LogP contribution in [0.15, 0.2) is 24.4 Å². The molecule has 0 spiro atoms. The van der Waals surface area contributed by atoms with Gasteiger partial charge in [-0.1, -0.05) is 12.8 Å². The standard InChI is InChI=1S/C32H43F2N7O6/c1-31(2,3)47-30(44)40-14-13-22(25(17-40)46-6)36-27(42)19-11-12-21(24(15-19)45-5)37-29-35-16-23-26(38-29)41(20-9-7-8-10-20)18-32(33,34)28(43)39(23)4/h11-12,15-16,20,22,25H,7-10,13-14,17-18H2,1-6H3,(H,36,42)(H,35,37,38). The van der Waals surface area contributed by atoms with Crippen LogP contribution >= 0.6 is 0 Å². The molecule has 3 amide bonds. The molecule has 256 valence electrons. The fourth-order valence-corrected chi connectivity index (χ4v) is 6.22. The van der Waals surface area contributed by atoms with Gasteiger partial charge in [-0.25, -0.2) is 9.78 Å². The molecule has 47 heavy (non-hydrogen) atoms. The molecular weight excluding hydrogens is 616 g/mol. The third-order valence-electron chi connectivity index (χ3n) is 8.68. The zero-order valence-electron chi connectivity index (χ0n) is 27.6. The third-order valence-corrected chi connectivity index (χ3v) is 8.68. The normalized spacial score (nSPS) is 21.6. The molecule has 2 fully saturated rings. The third kappa shape index (κ3) is 7.50. The van der Waals surface area contributed by atoms with Gasteiger partial charge in [-0.3, -0.25) is 9.59 Å². The molecule has 13 nitrogen and oxygen atoms in total. The van der Waals surface area contributed by atoms with Gasteiger partial charge in [-0.15, -0.1) is 0 Å². The highest BCUT2D eigenvalue weighted by atomic mass is 19.3. The summed E-state index contributed by atoms with van der Waals surface area (Å²) in [6, 6.07) is 4.30. The molecule has 3 aliphatic rings. The fraction of sp³-hybridized carbons (Fsp3) is 0.594. The maximum Gasteiger partial charge on any atom is 0.410 e. The van der Waals surface area contributed by atoms with E-state index >= 15 is 0 Å². The lowest BCUT2D eigenvalue weighted by atomic mass is 10.0. The first-order valence-corrected chi connectivity index (χ1v) is 15.8. The van der Waals surface area contributed by atoms with E-state index in [1.54, 1.807) is 43.9 Å². The Bertz CT molecular complexity index is 1500. The Morgan fingerprint density at radius 2 is 1.83 bits per heavy atom. The molecule has 1 saturated heterocycles. The van der Waals surface area contributed by atoms with Gasteiger partial charge in [0, 0.05) is 32.3 Å². The maximum atomic E-state index is 14.9. The Morgan fingerprint density at radius 1 is 1.11 bits per heavy atom. The number of amides is 3. The van der Waals surface area contributed by atoms with Crippen LogP contribution in [0.25, 0.3) is 0 Å². The number of likely N-dealkylation sites (tertiary alicyclic amines) is 1. The number of rotatable bonds is 7. The molecular formula is C32H43F2N7O6. The van der Waals surface area contributed by atoms with Crippen LogP contribution in [0, 0.1) is 0 Å². The highest BCUT2D eigenvalue weighted by Gasteiger charge is 2.49. The minimum absolute atomic E-state index is 0.119. The monoisotopic (exact) mass is 659 g/mol. The second-order valence-electron chi connectivity index (χ2n) is 13.1. The van der Waals surface area contributed by atoms with E-state index in [9.17, 15) is 23.2 Å².